The van der Waals surface area contributed by atoms with E-state index in [1.54, 1.807) is 37.3 Å². The lowest BCUT2D eigenvalue weighted by atomic mass is 9.91. The van der Waals surface area contributed by atoms with E-state index in [0.717, 1.165) is 16.0 Å². The van der Waals surface area contributed by atoms with Crippen LogP contribution in [0.2, 0.25) is 0 Å². The summed E-state index contributed by atoms with van der Waals surface area (Å²) in [6.45, 7) is 1.31. The zero-order chi connectivity index (χ0) is 23.0. The van der Waals surface area contributed by atoms with Crippen LogP contribution in [0.15, 0.2) is 72.8 Å². The third-order valence-electron chi connectivity index (χ3n) is 5.80. The van der Waals surface area contributed by atoms with Gasteiger partial charge < -0.3 is 20.1 Å². The number of nitrogens with zero attached hydrogens (tertiary/aromatic N) is 1. The first-order valence-corrected chi connectivity index (χ1v) is 10.4. The van der Waals surface area contributed by atoms with Gasteiger partial charge in [-0.05, 0) is 47.9 Å². The van der Waals surface area contributed by atoms with Crippen LogP contribution in [0.25, 0.3) is 11.1 Å². The molecule has 1 saturated heterocycles. The Morgan fingerprint density at radius 2 is 1.67 bits per heavy atom. The summed E-state index contributed by atoms with van der Waals surface area (Å²) >= 11 is 0. The molecule has 0 unspecified atom stereocenters. The molecule has 0 saturated carbocycles. The van der Waals surface area contributed by atoms with Gasteiger partial charge in [0.2, 0.25) is 12.7 Å². The SMILES string of the molecule is C[C@@]1(c2ccc3c(c2)OCO3)NC(=O)N(CC(=O)Nc2ccc(-c3ccccc3)cc2)C1=O. The molecule has 1 atom stereocenters. The van der Waals surface area contributed by atoms with Gasteiger partial charge in [0.25, 0.3) is 5.91 Å². The van der Waals surface area contributed by atoms with Crippen LogP contribution in [-0.4, -0.2) is 36.1 Å². The third kappa shape index (κ3) is 3.76. The molecule has 33 heavy (non-hydrogen) atoms. The van der Waals surface area contributed by atoms with E-state index in [4.69, 9.17) is 9.47 Å². The van der Waals surface area contributed by atoms with Gasteiger partial charge in [0.05, 0.1) is 0 Å². The molecule has 8 heteroatoms. The summed E-state index contributed by atoms with van der Waals surface area (Å²) in [6.07, 6.45) is 0. The van der Waals surface area contributed by atoms with Crippen molar-refractivity contribution in [3.8, 4) is 22.6 Å². The van der Waals surface area contributed by atoms with Crippen LogP contribution in [0.4, 0.5) is 10.5 Å². The molecule has 2 N–H and O–H groups in total. The number of ether oxygens (including phenoxy) is 2. The fraction of sp³-hybridized carbons (Fsp3) is 0.160. The van der Waals surface area contributed by atoms with E-state index in [-0.39, 0.29) is 6.79 Å². The van der Waals surface area contributed by atoms with E-state index in [9.17, 15) is 14.4 Å². The van der Waals surface area contributed by atoms with E-state index >= 15 is 0 Å². The summed E-state index contributed by atoms with van der Waals surface area (Å²) in [5.74, 6) is 0.0985. The highest BCUT2D eigenvalue weighted by Crippen LogP contribution is 2.37. The van der Waals surface area contributed by atoms with Crippen molar-refractivity contribution in [1.29, 1.82) is 0 Å². The lowest BCUT2D eigenvalue weighted by Crippen LogP contribution is -2.42. The highest BCUT2D eigenvalue weighted by Gasteiger charge is 2.49. The summed E-state index contributed by atoms with van der Waals surface area (Å²) in [6, 6.07) is 21.7. The molecule has 0 bridgehead atoms. The van der Waals surface area contributed by atoms with Crippen LogP contribution in [0.1, 0.15) is 12.5 Å². The molecule has 3 aromatic carbocycles. The monoisotopic (exact) mass is 443 g/mol. The molecule has 0 aromatic heterocycles. The van der Waals surface area contributed by atoms with Gasteiger partial charge in [-0.15, -0.1) is 0 Å². The average Bonchev–Trinajstić information content (AvgIpc) is 3.38. The first-order valence-electron chi connectivity index (χ1n) is 10.4. The lowest BCUT2D eigenvalue weighted by molar-refractivity contribution is -0.133. The smallest absolute Gasteiger partial charge is 0.325 e. The van der Waals surface area contributed by atoms with Gasteiger partial charge in [0.15, 0.2) is 11.5 Å². The topological polar surface area (TPSA) is 97.0 Å². The van der Waals surface area contributed by atoms with E-state index in [2.05, 4.69) is 10.6 Å². The second-order valence-corrected chi connectivity index (χ2v) is 8.01. The van der Waals surface area contributed by atoms with E-state index < -0.39 is 29.9 Å². The molecule has 2 heterocycles. The molecule has 8 nitrogen and oxygen atoms in total. The largest absolute Gasteiger partial charge is 0.454 e. The zero-order valence-electron chi connectivity index (χ0n) is 17.8. The fourth-order valence-electron chi connectivity index (χ4n) is 3.96. The van der Waals surface area contributed by atoms with E-state index in [0.29, 0.717) is 22.7 Å². The second kappa shape index (κ2) is 7.98. The fourth-order valence-corrected chi connectivity index (χ4v) is 3.96. The Bertz CT molecular complexity index is 1240. The van der Waals surface area contributed by atoms with Gasteiger partial charge in [0.1, 0.15) is 12.1 Å². The van der Waals surface area contributed by atoms with Crippen molar-refractivity contribution in [3.63, 3.8) is 0 Å². The number of hydrogen-bond acceptors (Lipinski definition) is 5. The Kier molecular flexibility index (Phi) is 4.97. The van der Waals surface area contributed by atoms with Gasteiger partial charge in [-0.1, -0.05) is 48.5 Å². The number of urea groups is 1. The average molecular weight is 443 g/mol. The Labute approximate surface area is 190 Å². The minimum Gasteiger partial charge on any atom is -0.454 e. The number of hydrogen-bond donors (Lipinski definition) is 2. The minimum absolute atomic E-state index is 0.106. The van der Waals surface area contributed by atoms with Gasteiger partial charge in [0, 0.05) is 5.69 Å². The Hall–Kier alpha value is -4.33. The predicted octanol–water partition coefficient (Wildman–Crippen LogP) is 3.49. The quantitative estimate of drug-likeness (QED) is 0.589. The molecule has 166 valence electrons. The standard InChI is InChI=1S/C25H21N3O5/c1-25(18-9-12-20-21(13-18)33-15-32-20)23(30)28(24(31)27-25)14-22(29)26-19-10-7-17(8-11-19)16-5-3-2-4-6-16/h2-13H,14-15H2,1H3,(H,26,29)(H,27,31)/t25-/m0/s1. The van der Waals surface area contributed by atoms with Crippen molar-refractivity contribution in [2.75, 3.05) is 18.7 Å². The van der Waals surface area contributed by atoms with Gasteiger partial charge in [-0.25, -0.2) is 4.79 Å². The van der Waals surface area contributed by atoms with Crippen LogP contribution in [0.3, 0.4) is 0 Å². The van der Waals surface area contributed by atoms with Gasteiger partial charge >= 0.3 is 6.03 Å². The molecule has 4 amide bonds. The predicted molar refractivity (Wildman–Crippen MR) is 121 cm³/mol. The molecule has 5 rings (SSSR count). The molecule has 0 aliphatic carbocycles. The minimum atomic E-state index is -1.31. The maximum atomic E-state index is 13.1. The number of anilines is 1. The molecule has 0 spiro atoms. The number of rotatable bonds is 5. The molecule has 0 radical (unpaired) electrons. The molecule has 2 aliphatic rings. The summed E-state index contributed by atoms with van der Waals surface area (Å²) in [7, 11) is 0. The first-order chi connectivity index (χ1) is 15.9. The summed E-state index contributed by atoms with van der Waals surface area (Å²) in [5, 5.41) is 5.43. The number of fused-ring (bicyclic) bond motifs is 1. The third-order valence-corrected chi connectivity index (χ3v) is 5.80. The van der Waals surface area contributed by atoms with Gasteiger partial charge in [-0.3, -0.25) is 14.5 Å². The number of carbonyl (C=O) groups is 3. The molecule has 3 aromatic rings. The van der Waals surface area contributed by atoms with Crippen molar-refractivity contribution in [1.82, 2.24) is 10.2 Å². The van der Waals surface area contributed by atoms with E-state index in [1.807, 2.05) is 42.5 Å². The first kappa shape index (κ1) is 20.6. The lowest BCUT2D eigenvalue weighted by Gasteiger charge is -2.22. The Morgan fingerprint density at radius 3 is 2.42 bits per heavy atom. The molecule has 1 fully saturated rings. The van der Waals surface area contributed by atoms with Gasteiger partial charge in [-0.2, -0.15) is 0 Å². The number of benzene rings is 3. The molecule has 2 aliphatic heterocycles. The summed E-state index contributed by atoms with van der Waals surface area (Å²) < 4.78 is 10.7. The van der Waals surface area contributed by atoms with Crippen LogP contribution in [0, 0.1) is 0 Å². The zero-order valence-corrected chi connectivity index (χ0v) is 17.8. The maximum Gasteiger partial charge on any atom is 0.325 e. The highest BCUT2D eigenvalue weighted by molar-refractivity contribution is 6.10. The number of carbonyl (C=O) groups excluding carboxylic acids is 3. The van der Waals surface area contributed by atoms with Crippen molar-refractivity contribution in [2.45, 2.75) is 12.5 Å². The van der Waals surface area contributed by atoms with Crippen molar-refractivity contribution in [2.24, 2.45) is 0 Å². The molecular weight excluding hydrogens is 422 g/mol. The number of nitrogens with one attached hydrogen (secondary N) is 2. The van der Waals surface area contributed by atoms with Crippen LogP contribution < -0.4 is 20.1 Å². The van der Waals surface area contributed by atoms with Crippen molar-refractivity contribution >= 4 is 23.5 Å². The summed E-state index contributed by atoms with van der Waals surface area (Å²) in [4.78, 5) is 39.2. The normalized spacial score (nSPS) is 18.9. The van der Waals surface area contributed by atoms with Crippen LogP contribution >= 0.6 is 0 Å². The van der Waals surface area contributed by atoms with Crippen LogP contribution in [-0.2, 0) is 15.1 Å². The molecular formula is C25H21N3O5. The number of amides is 4. The Balaban J connectivity index is 1.27. The van der Waals surface area contributed by atoms with Crippen LogP contribution in [0.5, 0.6) is 11.5 Å². The van der Waals surface area contributed by atoms with E-state index in [1.165, 1.54) is 0 Å². The number of imide groups is 1. The van der Waals surface area contributed by atoms with Crippen molar-refractivity contribution in [3.05, 3.63) is 78.4 Å². The highest BCUT2D eigenvalue weighted by atomic mass is 16.7. The van der Waals surface area contributed by atoms with Crippen molar-refractivity contribution < 1.29 is 23.9 Å². The Morgan fingerprint density at radius 1 is 0.970 bits per heavy atom. The maximum absolute atomic E-state index is 13.1. The second-order valence-electron chi connectivity index (χ2n) is 8.01. The summed E-state index contributed by atoms with van der Waals surface area (Å²) in [5.41, 5.74) is 1.89.